The molecule has 5 saturated heterocycles. The molecule has 0 spiro atoms. The van der Waals surface area contributed by atoms with Gasteiger partial charge >= 0.3 is 7.82 Å². The van der Waals surface area contributed by atoms with Crippen molar-refractivity contribution >= 4 is 60.5 Å². The van der Waals surface area contributed by atoms with Crippen LogP contribution in [0.3, 0.4) is 0 Å². The first-order chi connectivity index (χ1) is 42.8. The molecule has 16 N–H and O–H groups in total. The topological polar surface area (TPSA) is 491 Å². The third-order valence-corrected chi connectivity index (χ3v) is 22.5. The monoisotopic (exact) mass is 1360 g/mol. The number of fused-ring (bicyclic) bond motifs is 10. The maximum Gasteiger partial charge on any atom is 0.472 e. The number of ether oxygens (including phenoxy) is 1. The zero-order valence-electron chi connectivity index (χ0n) is 54.8. The fourth-order valence-corrected chi connectivity index (χ4v) is 17.4. The van der Waals surface area contributed by atoms with Gasteiger partial charge < -0.3 is 103 Å². The SMILES string of the molecule is C/C1=C2/[N-]C(C(CC(N)=O)C2(C)CCC(=O)NCC(C)OP(=O)(O)OC2C(CO)OC(N3C[N-]c4cc(C)c(C)cc43)C2O)C2(C)[N-]C(/C(C)=C3\[N-]C(/C=C4\[N-]C1C(CCC(N)=O)C4(C)C)C(CCC(N)=O)C3(C)CC(N)=O)C(CCC(N)=O)C2(C)CC(N)=O.[C-]#N.[Co]. The van der Waals surface area contributed by atoms with Gasteiger partial charge in [0.05, 0.1) is 12.7 Å². The number of hydrogen-bond acceptors (Lipinski definition) is 15. The molecule has 1 aromatic rings. The molecule has 7 amide bonds. The number of phosphoric ester groups is 1. The van der Waals surface area contributed by atoms with Crippen LogP contribution in [-0.2, 0) is 68.7 Å². The van der Waals surface area contributed by atoms with Crippen LogP contribution in [0.2, 0.25) is 0 Å². The molecule has 1 aromatic carbocycles. The number of aryl methyl sites for hydroxylation is 2. The van der Waals surface area contributed by atoms with Crippen LogP contribution in [0.1, 0.15) is 144 Å². The number of aliphatic hydroxyl groups is 2. The summed E-state index contributed by atoms with van der Waals surface area (Å²) in [5, 5.41) is 57.8. The van der Waals surface area contributed by atoms with Crippen molar-refractivity contribution in [1.82, 2.24) is 5.32 Å². The summed E-state index contributed by atoms with van der Waals surface area (Å²) in [6.45, 7) is 24.4. The van der Waals surface area contributed by atoms with Crippen molar-refractivity contribution in [2.45, 2.75) is 207 Å². The van der Waals surface area contributed by atoms with E-state index < -0.39 is 161 Å². The van der Waals surface area contributed by atoms with Crippen LogP contribution in [0.15, 0.2) is 46.4 Å². The van der Waals surface area contributed by atoms with Crippen LogP contribution in [-0.4, -0.2) is 137 Å². The Morgan fingerprint density at radius 1 is 0.763 bits per heavy atom. The zero-order chi connectivity index (χ0) is 68.7. The van der Waals surface area contributed by atoms with E-state index in [0.717, 1.165) is 11.1 Å². The summed E-state index contributed by atoms with van der Waals surface area (Å²) >= 11 is 0. The van der Waals surface area contributed by atoms with Crippen LogP contribution in [0.25, 0.3) is 26.6 Å². The molecular formula is C63H93CoN14O14P-6. The number of allylic oxidation sites excluding steroid dienone is 3. The van der Waals surface area contributed by atoms with Gasteiger partial charge in [-0.3, -0.25) is 42.6 Å². The molecule has 0 aromatic heterocycles. The molecule has 7 aliphatic heterocycles. The molecule has 18 atom stereocenters. The Kier molecular flexibility index (Phi) is 23.6. The second kappa shape index (κ2) is 28.9. The quantitative estimate of drug-likeness (QED) is 0.0420. The van der Waals surface area contributed by atoms with Gasteiger partial charge in [0.2, 0.25) is 41.4 Å². The molecule has 1 radical (unpaired) electrons. The maximum atomic E-state index is 14.4. The minimum absolute atomic E-state index is 0. The number of nitrogens with zero attached hydrogens (tertiary/aromatic N) is 7. The Labute approximate surface area is 554 Å². The van der Waals surface area contributed by atoms with Gasteiger partial charge in [0.25, 0.3) is 0 Å². The van der Waals surface area contributed by atoms with E-state index in [0.29, 0.717) is 39.6 Å². The predicted octanol–water partition coefficient (Wildman–Crippen LogP) is 5.21. The first-order valence-electron chi connectivity index (χ1n) is 31.2. The fraction of sp³-hybridized carbons (Fsp3) is 0.683. The Morgan fingerprint density at radius 3 is 1.89 bits per heavy atom. The van der Waals surface area contributed by atoms with Gasteiger partial charge in [-0.05, 0) is 123 Å². The second-order valence-corrected chi connectivity index (χ2v) is 29.0. The normalized spacial score (nSPS) is 36.0. The van der Waals surface area contributed by atoms with E-state index in [2.05, 4.69) is 10.6 Å². The number of rotatable bonds is 26. The third-order valence-electron chi connectivity index (χ3n) is 21.3. The molecular weight excluding hydrogens is 1270 g/mol. The van der Waals surface area contributed by atoms with Crippen molar-refractivity contribution in [1.29, 1.82) is 5.26 Å². The van der Waals surface area contributed by atoms with Gasteiger partial charge in [0.15, 0.2) is 6.23 Å². The van der Waals surface area contributed by atoms with E-state index in [1.165, 1.54) is 6.92 Å². The number of primary amides is 6. The molecule has 0 saturated carbocycles. The Balaban J connectivity index is 0.00000453. The Bertz CT molecular complexity index is 3240. The number of phosphoric acid groups is 1. The van der Waals surface area contributed by atoms with Crippen LogP contribution >= 0.6 is 7.82 Å². The summed E-state index contributed by atoms with van der Waals surface area (Å²) in [6, 6.07) is 0.485. The van der Waals surface area contributed by atoms with E-state index in [4.69, 9.17) is 81.3 Å². The van der Waals surface area contributed by atoms with E-state index in [9.17, 15) is 53.2 Å². The molecule has 18 unspecified atom stereocenters. The molecule has 5 fully saturated rings. The molecule has 7 heterocycles. The summed E-state index contributed by atoms with van der Waals surface area (Å²) in [5.74, 6) is -6.85. The number of nitrogens with one attached hydrogen (secondary N) is 1. The summed E-state index contributed by atoms with van der Waals surface area (Å²) in [5.41, 5.74) is 36.4. The fourth-order valence-electron chi connectivity index (χ4n) is 16.3. The van der Waals surface area contributed by atoms with Crippen LogP contribution in [0.4, 0.5) is 11.4 Å². The van der Waals surface area contributed by atoms with Crippen molar-refractivity contribution in [3.05, 3.63) is 90.7 Å². The average molecular weight is 1360 g/mol. The van der Waals surface area contributed by atoms with Crippen molar-refractivity contribution in [2.24, 2.45) is 79.7 Å². The van der Waals surface area contributed by atoms with Gasteiger partial charge in [-0.25, -0.2) is 4.57 Å². The molecule has 93 heavy (non-hydrogen) atoms. The van der Waals surface area contributed by atoms with Crippen LogP contribution in [0.5, 0.6) is 0 Å². The van der Waals surface area contributed by atoms with Crippen LogP contribution in [0, 0.1) is 71.0 Å². The molecule has 28 nitrogen and oxygen atoms in total. The molecule has 0 aliphatic carbocycles. The second-order valence-electron chi connectivity index (χ2n) is 27.7. The number of nitrogens with two attached hydrogens (primary N) is 6. The summed E-state index contributed by atoms with van der Waals surface area (Å²) in [4.78, 5) is 106. The molecule has 8 rings (SSSR count). The predicted molar refractivity (Wildman–Crippen MR) is 340 cm³/mol. The van der Waals surface area contributed by atoms with Crippen molar-refractivity contribution in [3.63, 3.8) is 0 Å². The van der Waals surface area contributed by atoms with Gasteiger partial charge in [-0.2, -0.15) is 17.1 Å². The van der Waals surface area contributed by atoms with E-state index in [1.807, 2.05) is 87.4 Å². The van der Waals surface area contributed by atoms with E-state index in [1.54, 1.807) is 4.90 Å². The first kappa shape index (κ1) is 75.7. The Morgan fingerprint density at radius 2 is 1.32 bits per heavy atom. The summed E-state index contributed by atoms with van der Waals surface area (Å²) in [7, 11) is -5.05. The first-order valence-corrected chi connectivity index (χ1v) is 32.7. The number of hydrogen-bond donors (Lipinski definition) is 10. The van der Waals surface area contributed by atoms with Crippen molar-refractivity contribution < 1.29 is 83.8 Å². The van der Waals surface area contributed by atoms with E-state index >= 15 is 0 Å². The summed E-state index contributed by atoms with van der Waals surface area (Å²) in [6.07, 6.45) is -5.27. The number of anilines is 1. The van der Waals surface area contributed by atoms with Gasteiger partial charge in [0, 0.05) is 74.0 Å². The standard InChI is InChI=1S/C62H93N13O14P.CN.Co/c1-29-20-39-40(21-30(29)2)75(28-70-39)57-52(84)53(41(27-76)87-57)89-90(85,86)88-31(3)26-69-49(83)18-19-59(8)37(22-46(66)80)56-62(11)61(10,25-48(68)82)36(14-17-45(65)79)51(74-62)33(5)55-60(9,24-47(67)81)34(12-15-43(63)77)38(71-55)23-42-58(6,7)35(13-16-44(64)78)50(72-42)32(4)54(59)73-56;1-2;/h20-21,23,31,34-38,41,50-53,56-57,76,84H,12-19,22,24-28H2,1-11H3,(H2,63,77)(H2,64,78)(H2,65,79)(H2,66,80)(H2,67,81)(H2,68,82)(H,69,83)(H,85,86);;/q-5;-1;/b42-23-,54-32-,55-33-;;. The molecule has 7 aliphatic rings. The molecule has 30 heteroatoms. The number of aliphatic hydroxyl groups excluding tert-OH is 2. The van der Waals surface area contributed by atoms with Crippen molar-refractivity contribution in [2.75, 3.05) is 24.7 Å². The Hall–Kier alpha value is -6.32. The number of carbonyl (C=O) groups is 7. The maximum absolute atomic E-state index is 14.4. The smallest absolute Gasteiger partial charge is 0.472 e. The van der Waals surface area contributed by atoms with Gasteiger partial charge in [0.1, 0.15) is 18.3 Å². The minimum atomic E-state index is -5.05. The van der Waals surface area contributed by atoms with Gasteiger partial charge in [-0.1, -0.05) is 66.4 Å². The third kappa shape index (κ3) is 14.9. The molecule has 8 bridgehead atoms. The average Bonchev–Trinajstić information content (AvgIpc) is 1.53. The van der Waals surface area contributed by atoms with Crippen LogP contribution < -0.4 is 44.6 Å². The minimum Gasteiger partial charge on any atom is -0.685 e. The largest absolute Gasteiger partial charge is 0.685 e. The number of amides is 7. The van der Waals surface area contributed by atoms with Gasteiger partial charge in [-0.15, -0.1) is 40.5 Å². The van der Waals surface area contributed by atoms with Crippen molar-refractivity contribution in [3.8, 4) is 0 Å². The summed E-state index contributed by atoms with van der Waals surface area (Å²) < 4.78 is 30.8. The zero-order valence-corrected chi connectivity index (χ0v) is 56.8. The molecule has 519 valence electrons. The van der Waals surface area contributed by atoms with E-state index in [-0.39, 0.29) is 101 Å². The number of carbonyl (C=O) groups excluding carboxylic acids is 7. The number of benzene rings is 1.